The number of imidazole rings is 1. The number of hydrogen-bond donors (Lipinski definition) is 1. The molecule has 0 radical (unpaired) electrons. The Bertz CT molecular complexity index is 866. The maximum absolute atomic E-state index is 12.8. The third kappa shape index (κ3) is 4.13. The first-order valence-corrected chi connectivity index (χ1v) is 10.2. The third-order valence-corrected chi connectivity index (χ3v) is 6.68. The molecule has 1 aliphatic rings. The molecule has 1 aliphatic heterocycles. The molecule has 8 heteroatoms. The van der Waals surface area contributed by atoms with Crippen LogP contribution in [0.3, 0.4) is 0 Å². The minimum Gasteiger partial charge on any atom is -0.335 e. The molecular formula is C18H24N4O3S. The minimum absolute atomic E-state index is 0.184. The van der Waals surface area contributed by atoms with Crippen LogP contribution >= 0.6 is 0 Å². The Labute approximate surface area is 154 Å². The maximum atomic E-state index is 12.8. The summed E-state index contributed by atoms with van der Waals surface area (Å²) in [5.41, 5.74) is 0.589. The van der Waals surface area contributed by atoms with Crippen LogP contribution in [-0.2, 0) is 21.4 Å². The number of nitrogens with zero attached hydrogens (tertiary/aromatic N) is 3. The highest BCUT2D eigenvalue weighted by atomic mass is 32.2. The number of amides is 1. The topological polar surface area (TPSA) is 84.3 Å². The van der Waals surface area contributed by atoms with Gasteiger partial charge in [0.1, 0.15) is 5.82 Å². The molecule has 7 nitrogen and oxygen atoms in total. The Morgan fingerprint density at radius 1 is 1.23 bits per heavy atom. The molecule has 0 unspecified atom stereocenters. The van der Waals surface area contributed by atoms with Crippen molar-refractivity contribution in [2.24, 2.45) is 5.92 Å². The molecule has 0 atom stereocenters. The number of aryl methyl sites for hydroxylation is 1. The maximum Gasteiger partial charge on any atom is 0.243 e. The average Bonchev–Trinajstić information content (AvgIpc) is 3.00. The monoisotopic (exact) mass is 376 g/mol. The molecule has 0 saturated carbocycles. The van der Waals surface area contributed by atoms with E-state index in [1.54, 1.807) is 34.8 Å². The SMILES string of the molecule is CC(=O)Nc1ccc(S(=O)(=O)N2CCC(Cn3ccnc3C)CC2)cc1. The van der Waals surface area contributed by atoms with Gasteiger partial charge < -0.3 is 9.88 Å². The van der Waals surface area contributed by atoms with E-state index in [4.69, 9.17) is 0 Å². The van der Waals surface area contributed by atoms with Crippen molar-refractivity contribution in [2.75, 3.05) is 18.4 Å². The van der Waals surface area contributed by atoms with Crippen molar-refractivity contribution in [1.82, 2.24) is 13.9 Å². The first kappa shape index (κ1) is 18.6. The number of benzene rings is 1. The highest BCUT2D eigenvalue weighted by Gasteiger charge is 2.29. The van der Waals surface area contributed by atoms with Gasteiger partial charge in [-0.15, -0.1) is 0 Å². The number of piperidine rings is 1. The lowest BCUT2D eigenvalue weighted by Gasteiger charge is -2.31. The van der Waals surface area contributed by atoms with Gasteiger partial charge in [-0.05, 0) is 49.9 Å². The summed E-state index contributed by atoms with van der Waals surface area (Å²) in [6.07, 6.45) is 5.43. The second kappa shape index (κ2) is 7.59. The molecule has 140 valence electrons. The lowest BCUT2D eigenvalue weighted by molar-refractivity contribution is -0.114. The van der Waals surface area contributed by atoms with E-state index in [0.29, 0.717) is 24.7 Å². The molecule has 3 rings (SSSR count). The van der Waals surface area contributed by atoms with Gasteiger partial charge in [0.15, 0.2) is 0 Å². The van der Waals surface area contributed by atoms with Crippen LogP contribution in [0.1, 0.15) is 25.6 Å². The summed E-state index contributed by atoms with van der Waals surface area (Å²) in [6, 6.07) is 6.31. The smallest absolute Gasteiger partial charge is 0.243 e. The summed E-state index contributed by atoms with van der Waals surface area (Å²) < 4.78 is 29.3. The molecular weight excluding hydrogens is 352 g/mol. The van der Waals surface area contributed by atoms with E-state index in [0.717, 1.165) is 25.2 Å². The molecule has 1 aromatic heterocycles. The molecule has 1 N–H and O–H groups in total. The van der Waals surface area contributed by atoms with Crippen LogP contribution in [-0.4, -0.2) is 41.3 Å². The third-order valence-electron chi connectivity index (χ3n) is 4.76. The van der Waals surface area contributed by atoms with E-state index in [9.17, 15) is 13.2 Å². The Morgan fingerprint density at radius 3 is 2.42 bits per heavy atom. The van der Waals surface area contributed by atoms with Crippen LogP contribution in [0.25, 0.3) is 0 Å². The second-order valence-corrected chi connectivity index (χ2v) is 8.62. The van der Waals surface area contributed by atoms with Gasteiger partial charge in [0.25, 0.3) is 0 Å². The highest BCUT2D eigenvalue weighted by Crippen LogP contribution is 2.25. The van der Waals surface area contributed by atoms with Crippen molar-refractivity contribution >= 4 is 21.6 Å². The molecule has 0 spiro atoms. The second-order valence-electron chi connectivity index (χ2n) is 6.68. The Hall–Kier alpha value is -2.19. The van der Waals surface area contributed by atoms with Gasteiger partial charge in [0, 0.05) is 44.6 Å². The number of carbonyl (C=O) groups is 1. The Balaban J connectivity index is 1.62. The summed E-state index contributed by atoms with van der Waals surface area (Å²) in [6.45, 7) is 5.32. The van der Waals surface area contributed by atoms with Gasteiger partial charge in [-0.25, -0.2) is 13.4 Å². The minimum atomic E-state index is -3.50. The Morgan fingerprint density at radius 2 is 1.88 bits per heavy atom. The van der Waals surface area contributed by atoms with Crippen LogP contribution in [0.2, 0.25) is 0 Å². The summed E-state index contributed by atoms with van der Waals surface area (Å²) >= 11 is 0. The number of nitrogens with one attached hydrogen (secondary N) is 1. The molecule has 1 aromatic carbocycles. The van der Waals surface area contributed by atoms with E-state index in [1.807, 2.05) is 13.1 Å². The van der Waals surface area contributed by atoms with Crippen molar-refractivity contribution in [1.29, 1.82) is 0 Å². The molecule has 2 aromatic rings. The zero-order valence-electron chi connectivity index (χ0n) is 15.1. The van der Waals surface area contributed by atoms with Gasteiger partial charge in [-0.3, -0.25) is 4.79 Å². The van der Waals surface area contributed by atoms with E-state index in [-0.39, 0.29) is 10.8 Å². The van der Waals surface area contributed by atoms with Crippen molar-refractivity contribution in [2.45, 2.75) is 38.1 Å². The van der Waals surface area contributed by atoms with Gasteiger partial charge in [0.2, 0.25) is 15.9 Å². The molecule has 1 saturated heterocycles. The largest absolute Gasteiger partial charge is 0.335 e. The molecule has 0 bridgehead atoms. The standard InChI is InChI=1S/C18H24N4O3S/c1-14-19-9-12-21(14)13-16-7-10-22(11-8-16)26(24,25)18-5-3-17(4-6-18)20-15(2)23/h3-6,9,12,16H,7-8,10-11,13H2,1-2H3,(H,20,23). The van der Waals surface area contributed by atoms with Gasteiger partial charge in [0.05, 0.1) is 4.90 Å². The van der Waals surface area contributed by atoms with Gasteiger partial charge >= 0.3 is 0 Å². The van der Waals surface area contributed by atoms with Crippen molar-refractivity contribution in [3.05, 3.63) is 42.5 Å². The first-order valence-electron chi connectivity index (χ1n) is 8.72. The van der Waals surface area contributed by atoms with Crippen LogP contribution < -0.4 is 5.32 Å². The quantitative estimate of drug-likeness (QED) is 0.867. The van der Waals surface area contributed by atoms with Crippen molar-refractivity contribution in [3.8, 4) is 0 Å². The first-order chi connectivity index (χ1) is 12.4. The van der Waals surface area contributed by atoms with Crippen molar-refractivity contribution in [3.63, 3.8) is 0 Å². The zero-order valence-corrected chi connectivity index (χ0v) is 15.9. The lowest BCUT2D eigenvalue weighted by atomic mass is 9.98. The van der Waals surface area contributed by atoms with Crippen LogP contribution in [0, 0.1) is 12.8 Å². The fraction of sp³-hybridized carbons (Fsp3) is 0.444. The van der Waals surface area contributed by atoms with E-state index >= 15 is 0 Å². The number of aromatic nitrogens is 2. The van der Waals surface area contributed by atoms with Gasteiger partial charge in [-0.1, -0.05) is 0 Å². The van der Waals surface area contributed by atoms with E-state index in [2.05, 4.69) is 14.9 Å². The predicted molar refractivity (Wildman–Crippen MR) is 99.2 cm³/mol. The van der Waals surface area contributed by atoms with Crippen LogP contribution in [0.4, 0.5) is 5.69 Å². The molecule has 1 fully saturated rings. The predicted octanol–water partition coefficient (Wildman–Crippen LogP) is 2.25. The summed E-state index contributed by atoms with van der Waals surface area (Å²) in [5.74, 6) is 1.26. The van der Waals surface area contributed by atoms with E-state index in [1.165, 1.54) is 6.92 Å². The fourth-order valence-electron chi connectivity index (χ4n) is 3.27. The van der Waals surface area contributed by atoms with Crippen LogP contribution in [0.5, 0.6) is 0 Å². The molecule has 26 heavy (non-hydrogen) atoms. The Kier molecular flexibility index (Phi) is 5.43. The average molecular weight is 376 g/mol. The zero-order chi connectivity index (χ0) is 18.7. The number of anilines is 1. The van der Waals surface area contributed by atoms with E-state index < -0.39 is 10.0 Å². The van der Waals surface area contributed by atoms with Crippen molar-refractivity contribution < 1.29 is 13.2 Å². The fourth-order valence-corrected chi connectivity index (χ4v) is 4.74. The summed E-state index contributed by atoms with van der Waals surface area (Å²) in [7, 11) is -3.50. The molecule has 2 heterocycles. The lowest BCUT2D eigenvalue weighted by Crippen LogP contribution is -2.39. The number of carbonyl (C=O) groups excluding carboxylic acids is 1. The van der Waals surface area contributed by atoms with Crippen LogP contribution in [0.15, 0.2) is 41.6 Å². The highest BCUT2D eigenvalue weighted by molar-refractivity contribution is 7.89. The number of rotatable bonds is 5. The summed E-state index contributed by atoms with van der Waals surface area (Å²) in [5, 5.41) is 2.64. The molecule has 0 aliphatic carbocycles. The normalized spacial score (nSPS) is 16.5. The molecule has 1 amide bonds. The summed E-state index contributed by atoms with van der Waals surface area (Å²) in [4.78, 5) is 15.6. The van der Waals surface area contributed by atoms with Gasteiger partial charge in [-0.2, -0.15) is 4.31 Å². The number of hydrogen-bond acceptors (Lipinski definition) is 4. The number of sulfonamides is 1.